The number of amides is 2. The van der Waals surface area contributed by atoms with Gasteiger partial charge in [-0.3, -0.25) is 9.59 Å². The van der Waals surface area contributed by atoms with Crippen LogP contribution in [0.25, 0.3) is 0 Å². The zero-order valence-electron chi connectivity index (χ0n) is 16.4. The molecule has 1 unspecified atom stereocenters. The van der Waals surface area contributed by atoms with Gasteiger partial charge < -0.3 is 15.7 Å². The van der Waals surface area contributed by atoms with E-state index in [0.29, 0.717) is 17.7 Å². The molecule has 2 rings (SSSR count). The van der Waals surface area contributed by atoms with E-state index in [2.05, 4.69) is 10.6 Å². The Labute approximate surface area is 165 Å². The summed E-state index contributed by atoms with van der Waals surface area (Å²) in [5.74, 6) is -1.81. The molecule has 0 heterocycles. The fraction of sp³-hybridized carbons (Fsp3) is 0.318. The molecule has 0 aliphatic carbocycles. The second-order valence-corrected chi connectivity index (χ2v) is 7.87. The zero-order chi connectivity index (χ0) is 20.7. The van der Waals surface area contributed by atoms with Crippen molar-refractivity contribution in [3.63, 3.8) is 0 Å². The highest BCUT2D eigenvalue weighted by Crippen LogP contribution is 2.12. The molecule has 0 saturated carbocycles. The fourth-order valence-electron chi connectivity index (χ4n) is 2.51. The van der Waals surface area contributed by atoms with Gasteiger partial charge in [-0.25, -0.2) is 4.79 Å². The first-order valence-corrected chi connectivity index (χ1v) is 9.11. The van der Waals surface area contributed by atoms with Crippen molar-refractivity contribution in [1.29, 1.82) is 0 Å². The largest absolute Gasteiger partial charge is 0.480 e. The van der Waals surface area contributed by atoms with Crippen LogP contribution in [0.4, 0.5) is 0 Å². The Kier molecular flexibility index (Phi) is 6.93. The Balaban J connectivity index is 2.01. The van der Waals surface area contributed by atoms with Crippen molar-refractivity contribution in [3.8, 4) is 0 Å². The van der Waals surface area contributed by atoms with E-state index >= 15 is 0 Å². The van der Waals surface area contributed by atoms with Crippen LogP contribution in [0.5, 0.6) is 0 Å². The van der Waals surface area contributed by atoms with Gasteiger partial charge in [0, 0.05) is 24.1 Å². The van der Waals surface area contributed by atoms with Gasteiger partial charge in [-0.1, -0.05) is 51.1 Å². The smallest absolute Gasteiger partial charge is 0.326 e. The minimum Gasteiger partial charge on any atom is -0.480 e. The molecule has 0 spiro atoms. The van der Waals surface area contributed by atoms with Gasteiger partial charge in [0.1, 0.15) is 6.04 Å². The Bertz CT molecular complexity index is 824. The van der Waals surface area contributed by atoms with Gasteiger partial charge in [0.15, 0.2) is 0 Å². The van der Waals surface area contributed by atoms with E-state index in [0.717, 1.165) is 5.56 Å². The number of rotatable bonds is 7. The molecule has 0 aromatic heterocycles. The number of benzene rings is 2. The number of carbonyl (C=O) groups is 3. The van der Waals surface area contributed by atoms with Crippen LogP contribution in [0, 0.1) is 5.41 Å². The summed E-state index contributed by atoms with van der Waals surface area (Å²) >= 11 is 0. The lowest BCUT2D eigenvalue weighted by Gasteiger charge is -2.18. The quantitative estimate of drug-likeness (QED) is 0.686. The number of carboxylic acids is 1. The third kappa shape index (κ3) is 6.54. The van der Waals surface area contributed by atoms with Gasteiger partial charge in [-0.05, 0) is 35.2 Å². The summed E-state index contributed by atoms with van der Waals surface area (Å²) < 4.78 is 0. The Hall–Kier alpha value is -3.15. The van der Waals surface area contributed by atoms with Crippen molar-refractivity contribution in [2.24, 2.45) is 5.41 Å². The second-order valence-electron chi connectivity index (χ2n) is 7.87. The highest BCUT2D eigenvalue weighted by atomic mass is 16.4. The van der Waals surface area contributed by atoms with Crippen molar-refractivity contribution >= 4 is 17.8 Å². The first kappa shape index (κ1) is 21.2. The van der Waals surface area contributed by atoms with E-state index in [-0.39, 0.29) is 17.7 Å². The molecule has 2 amide bonds. The highest BCUT2D eigenvalue weighted by Gasteiger charge is 2.21. The summed E-state index contributed by atoms with van der Waals surface area (Å²) in [5, 5.41) is 14.8. The summed E-state index contributed by atoms with van der Waals surface area (Å²) in [7, 11) is 0. The fourth-order valence-corrected chi connectivity index (χ4v) is 2.51. The first-order valence-electron chi connectivity index (χ1n) is 9.11. The Morgan fingerprint density at radius 1 is 0.893 bits per heavy atom. The van der Waals surface area contributed by atoms with Gasteiger partial charge in [0.2, 0.25) is 0 Å². The monoisotopic (exact) mass is 382 g/mol. The molecular weight excluding hydrogens is 356 g/mol. The highest BCUT2D eigenvalue weighted by molar-refractivity contribution is 5.99. The van der Waals surface area contributed by atoms with E-state index in [9.17, 15) is 19.5 Å². The van der Waals surface area contributed by atoms with Crippen LogP contribution < -0.4 is 10.6 Å². The van der Waals surface area contributed by atoms with Crippen LogP contribution in [0.3, 0.4) is 0 Å². The molecule has 0 radical (unpaired) electrons. The van der Waals surface area contributed by atoms with Gasteiger partial charge >= 0.3 is 5.97 Å². The molecule has 0 aliphatic rings. The molecular formula is C22H26N2O4. The summed E-state index contributed by atoms with van der Waals surface area (Å²) in [4.78, 5) is 36.1. The number of aliphatic carboxylic acids is 1. The summed E-state index contributed by atoms with van der Waals surface area (Å²) in [6.07, 6.45) is 0.190. The lowest BCUT2D eigenvalue weighted by Crippen LogP contribution is -2.42. The third-order valence-corrected chi connectivity index (χ3v) is 4.07. The predicted molar refractivity (Wildman–Crippen MR) is 107 cm³/mol. The minimum atomic E-state index is -1.10. The SMILES string of the molecule is CC(C)(C)CNC(=O)c1ccc(C(=O)NC(Cc2ccccc2)C(=O)O)cc1. The van der Waals surface area contributed by atoms with Gasteiger partial charge in [-0.2, -0.15) is 0 Å². The van der Waals surface area contributed by atoms with E-state index in [1.165, 1.54) is 12.1 Å². The zero-order valence-corrected chi connectivity index (χ0v) is 16.4. The second kappa shape index (κ2) is 9.17. The van der Waals surface area contributed by atoms with E-state index in [1.54, 1.807) is 12.1 Å². The topological polar surface area (TPSA) is 95.5 Å². The molecule has 148 valence electrons. The first-order chi connectivity index (χ1) is 13.2. The van der Waals surface area contributed by atoms with Crippen molar-refractivity contribution in [2.75, 3.05) is 6.54 Å². The molecule has 6 nitrogen and oxygen atoms in total. The van der Waals surface area contributed by atoms with Crippen molar-refractivity contribution in [1.82, 2.24) is 10.6 Å². The lowest BCUT2D eigenvalue weighted by molar-refractivity contribution is -0.139. The number of nitrogens with one attached hydrogen (secondary N) is 2. The molecule has 0 aliphatic heterocycles. The minimum absolute atomic E-state index is 0.0277. The van der Waals surface area contributed by atoms with Gasteiger partial charge in [0.05, 0.1) is 0 Å². The predicted octanol–water partition coefficient (Wildman–Crippen LogP) is 2.89. The number of hydrogen-bond acceptors (Lipinski definition) is 3. The molecule has 1 atom stereocenters. The van der Waals surface area contributed by atoms with Crippen LogP contribution in [-0.2, 0) is 11.2 Å². The third-order valence-electron chi connectivity index (χ3n) is 4.07. The molecule has 0 bridgehead atoms. The van der Waals surface area contributed by atoms with Crippen LogP contribution in [-0.4, -0.2) is 35.5 Å². The summed E-state index contributed by atoms with van der Waals surface area (Å²) in [6.45, 7) is 6.60. The number of hydrogen-bond donors (Lipinski definition) is 3. The molecule has 6 heteroatoms. The maximum absolute atomic E-state index is 12.4. The van der Waals surface area contributed by atoms with Crippen LogP contribution in [0.15, 0.2) is 54.6 Å². The normalized spacial score (nSPS) is 12.1. The molecule has 0 fully saturated rings. The molecule has 2 aromatic rings. The van der Waals surface area contributed by atoms with Gasteiger partial charge in [0.25, 0.3) is 11.8 Å². The van der Waals surface area contributed by atoms with Crippen LogP contribution in [0.1, 0.15) is 47.1 Å². The Morgan fingerprint density at radius 3 is 1.93 bits per heavy atom. The Morgan fingerprint density at radius 2 is 1.43 bits per heavy atom. The molecule has 2 aromatic carbocycles. The lowest BCUT2D eigenvalue weighted by atomic mass is 9.97. The van der Waals surface area contributed by atoms with Crippen LogP contribution in [0.2, 0.25) is 0 Å². The number of carboxylic acid groups (broad SMARTS) is 1. The maximum Gasteiger partial charge on any atom is 0.326 e. The van der Waals surface area contributed by atoms with Crippen LogP contribution >= 0.6 is 0 Å². The van der Waals surface area contributed by atoms with E-state index in [4.69, 9.17) is 0 Å². The van der Waals surface area contributed by atoms with Crippen molar-refractivity contribution in [2.45, 2.75) is 33.2 Å². The van der Waals surface area contributed by atoms with E-state index < -0.39 is 17.9 Å². The average Bonchev–Trinajstić information content (AvgIpc) is 2.65. The van der Waals surface area contributed by atoms with Crippen molar-refractivity contribution in [3.05, 3.63) is 71.3 Å². The van der Waals surface area contributed by atoms with E-state index in [1.807, 2.05) is 51.1 Å². The standard InChI is InChI=1S/C22H26N2O4/c1-22(2,3)14-23-19(25)16-9-11-17(12-10-16)20(26)24-18(21(27)28)13-15-7-5-4-6-8-15/h4-12,18H,13-14H2,1-3H3,(H,23,25)(H,24,26)(H,27,28). The molecule has 28 heavy (non-hydrogen) atoms. The molecule has 3 N–H and O–H groups in total. The van der Waals surface area contributed by atoms with Crippen molar-refractivity contribution < 1.29 is 19.5 Å². The number of carbonyl (C=O) groups excluding carboxylic acids is 2. The average molecular weight is 382 g/mol. The van der Waals surface area contributed by atoms with Gasteiger partial charge in [-0.15, -0.1) is 0 Å². The molecule has 0 saturated heterocycles. The summed E-state index contributed by atoms with van der Waals surface area (Å²) in [6, 6.07) is 14.2. The maximum atomic E-state index is 12.4. The summed E-state index contributed by atoms with van der Waals surface area (Å²) in [5.41, 5.74) is 1.53.